The number of aliphatic hydroxyl groups is 1. The number of carbonyl (C=O) groups excluding carboxylic acids is 1. The smallest absolute Gasteiger partial charge is 0.323 e. The molecule has 22 heavy (non-hydrogen) atoms. The molecule has 0 spiro atoms. The second-order valence-corrected chi connectivity index (χ2v) is 5.36. The average Bonchev–Trinajstić information content (AvgIpc) is 3.20. The molecule has 0 aliphatic carbocycles. The number of nitrogens with zero attached hydrogens (tertiary/aromatic N) is 2. The number of aryl methyl sites for hydroxylation is 1. The molecule has 1 aliphatic heterocycles. The van der Waals surface area contributed by atoms with Crippen LogP contribution in [0.15, 0.2) is 27.2 Å². The summed E-state index contributed by atoms with van der Waals surface area (Å²) in [7, 11) is 1.35. The summed E-state index contributed by atoms with van der Waals surface area (Å²) in [5.74, 6) is 1.28. The lowest BCUT2D eigenvalue weighted by molar-refractivity contribution is -0.146. The Morgan fingerprint density at radius 1 is 1.59 bits per heavy atom. The molecule has 1 N–H and O–H groups in total. The van der Waals surface area contributed by atoms with Crippen molar-refractivity contribution in [2.24, 2.45) is 0 Å². The van der Waals surface area contributed by atoms with Gasteiger partial charge in [0.1, 0.15) is 11.8 Å². The Hall–Kier alpha value is -2.12. The number of β-amino-alcohol motifs (C(OH)–C–C–N with tert-alkyl or cyclic N) is 1. The highest BCUT2D eigenvalue weighted by molar-refractivity contribution is 5.76. The van der Waals surface area contributed by atoms with Crippen LogP contribution in [0.25, 0.3) is 11.7 Å². The van der Waals surface area contributed by atoms with Gasteiger partial charge in [-0.25, -0.2) is 4.98 Å². The number of oxazole rings is 1. The molecule has 1 fully saturated rings. The standard InChI is InChI=1S/C15H18N2O5/c1-9-11(16-14(22-9)13-4-3-5-21-13)8-17-7-10(18)6-12(17)15(19)20-2/h3-5,10,12,18H,6-8H2,1-2H3/t10-,12+/m1/s1. The largest absolute Gasteiger partial charge is 0.468 e. The molecule has 2 aromatic heterocycles. The second kappa shape index (κ2) is 5.94. The zero-order valence-corrected chi connectivity index (χ0v) is 12.5. The maximum atomic E-state index is 11.8. The van der Waals surface area contributed by atoms with Crippen LogP contribution in [-0.2, 0) is 16.1 Å². The summed E-state index contributed by atoms with van der Waals surface area (Å²) in [4.78, 5) is 18.1. The van der Waals surface area contributed by atoms with Gasteiger partial charge in [-0.15, -0.1) is 0 Å². The predicted molar refractivity (Wildman–Crippen MR) is 75.8 cm³/mol. The summed E-state index contributed by atoms with van der Waals surface area (Å²) < 4.78 is 15.7. The molecule has 3 rings (SSSR count). The topological polar surface area (TPSA) is 88.9 Å². The number of ether oxygens (including phenoxy) is 1. The first-order valence-corrected chi connectivity index (χ1v) is 7.08. The second-order valence-electron chi connectivity index (χ2n) is 5.36. The number of likely N-dealkylation sites (tertiary alicyclic amines) is 1. The number of rotatable bonds is 4. The van der Waals surface area contributed by atoms with Crippen LogP contribution in [0.2, 0.25) is 0 Å². The predicted octanol–water partition coefficient (Wildman–Crippen LogP) is 1.35. The molecule has 2 aromatic rings. The van der Waals surface area contributed by atoms with Gasteiger partial charge < -0.3 is 18.7 Å². The van der Waals surface area contributed by atoms with Crippen molar-refractivity contribution in [2.75, 3.05) is 13.7 Å². The van der Waals surface area contributed by atoms with Gasteiger partial charge in [0.15, 0.2) is 5.76 Å². The molecule has 0 unspecified atom stereocenters. The first-order chi connectivity index (χ1) is 10.6. The Labute approximate surface area is 127 Å². The van der Waals surface area contributed by atoms with E-state index in [1.165, 1.54) is 7.11 Å². The number of aromatic nitrogens is 1. The number of furan rings is 1. The quantitative estimate of drug-likeness (QED) is 0.853. The molecule has 7 nitrogen and oxygen atoms in total. The summed E-state index contributed by atoms with van der Waals surface area (Å²) in [6.45, 7) is 2.63. The number of methoxy groups -OCH3 is 1. The van der Waals surface area contributed by atoms with Crippen LogP contribution in [0.1, 0.15) is 17.9 Å². The number of carbonyl (C=O) groups is 1. The SMILES string of the molecule is COC(=O)[C@@H]1C[C@@H](O)CN1Cc1nc(-c2ccco2)oc1C. The minimum Gasteiger partial charge on any atom is -0.468 e. The summed E-state index contributed by atoms with van der Waals surface area (Å²) >= 11 is 0. The Balaban J connectivity index is 1.79. The van der Waals surface area contributed by atoms with E-state index in [1.807, 2.05) is 11.8 Å². The van der Waals surface area contributed by atoms with Crippen molar-refractivity contribution in [3.63, 3.8) is 0 Å². The highest BCUT2D eigenvalue weighted by atomic mass is 16.5. The molecule has 1 saturated heterocycles. The van der Waals surface area contributed by atoms with E-state index in [4.69, 9.17) is 13.6 Å². The molecule has 0 radical (unpaired) electrons. The van der Waals surface area contributed by atoms with Crippen LogP contribution in [0.4, 0.5) is 0 Å². The highest BCUT2D eigenvalue weighted by Crippen LogP contribution is 2.26. The minimum absolute atomic E-state index is 0.344. The van der Waals surface area contributed by atoms with Crippen LogP contribution in [-0.4, -0.2) is 46.8 Å². The van der Waals surface area contributed by atoms with Crippen molar-refractivity contribution in [1.29, 1.82) is 0 Å². The Morgan fingerprint density at radius 3 is 3.09 bits per heavy atom. The van der Waals surface area contributed by atoms with Gasteiger partial charge in [0.2, 0.25) is 0 Å². The molecular weight excluding hydrogens is 288 g/mol. The fraction of sp³-hybridized carbons (Fsp3) is 0.467. The first-order valence-electron chi connectivity index (χ1n) is 7.08. The molecule has 3 heterocycles. The average molecular weight is 306 g/mol. The van der Waals surface area contributed by atoms with Gasteiger partial charge in [-0.1, -0.05) is 0 Å². The Morgan fingerprint density at radius 2 is 2.41 bits per heavy atom. The molecule has 7 heteroatoms. The van der Waals surface area contributed by atoms with Crippen molar-refractivity contribution in [3.05, 3.63) is 29.9 Å². The number of hydrogen-bond donors (Lipinski definition) is 1. The van der Waals surface area contributed by atoms with Crippen LogP contribution in [0.3, 0.4) is 0 Å². The van der Waals surface area contributed by atoms with Gasteiger partial charge in [-0.05, 0) is 19.1 Å². The third-order valence-corrected chi connectivity index (χ3v) is 3.83. The normalized spacial score (nSPS) is 22.1. The summed E-state index contributed by atoms with van der Waals surface area (Å²) in [6.07, 6.45) is 1.38. The van der Waals surface area contributed by atoms with Crippen molar-refractivity contribution < 1.29 is 23.5 Å². The molecule has 118 valence electrons. The first kappa shape index (κ1) is 14.8. The monoisotopic (exact) mass is 306 g/mol. The van der Waals surface area contributed by atoms with Gasteiger partial charge >= 0.3 is 5.97 Å². The van der Waals surface area contributed by atoms with Gasteiger partial charge in [-0.2, -0.15) is 0 Å². The molecular formula is C15H18N2O5. The van der Waals surface area contributed by atoms with E-state index >= 15 is 0 Å². The molecule has 0 aromatic carbocycles. The fourth-order valence-electron chi connectivity index (χ4n) is 2.71. The van der Waals surface area contributed by atoms with E-state index < -0.39 is 12.1 Å². The van der Waals surface area contributed by atoms with E-state index in [2.05, 4.69) is 4.98 Å². The minimum atomic E-state index is -0.541. The summed E-state index contributed by atoms with van der Waals surface area (Å²) in [6, 6.07) is 3.08. The van der Waals surface area contributed by atoms with E-state index in [0.717, 1.165) is 5.69 Å². The van der Waals surface area contributed by atoms with Gasteiger partial charge in [0, 0.05) is 19.5 Å². The molecule has 0 saturated carbocycles. The number of aliphatic hydroxyl groups excluding tert-OH is 1. The lowest BCUT2D eigenvalue weighted by atomic mass is 10.2. The summed E-state index contributed by atoms with van der Waals surface area (Å²) in [5, 5.41) is 9.81. The van der Waals surface area contributed by atoms with E-state index in [9.17, 15) is 9.90 Å². The van der Waals surface area contributed by atoms with Crippen molar-refractivity contribution in [1.82, 2.24) is 9.88 Å². The van der Waals surface area contributed by atoms with Crippen molar-refractivity contribution in [3.8, 4) is 11.7 Å². The fourth-order valence-corrected chi connectivity index (χ4v) is 2.71. The molecule has 0 bridgehead atoms. The van der Waals surface area contributed by atoms with Crippen LogP contribution >= 0.6 is 0 Å². The molecule has 0 amide bonds. The zero-order valence-electron chi connectivity index (χ0n) is 12.5. The maximum Gasteiger partial charge on any atom is 0.323 e. The van der Waals surface area contributed by atoms with E-state index in [0.29, 0.717) is 36.9 Å². The van der Waals surface area contributed by atoms with Crippen molar-refractivity contribution in [2.45, 2.75) is 32.0 Å². The number of hydrogen-bond acceptors (Lipinski definition) is 7. The van der Waals surface area contributed by atoms with Gasteiger partial charge in [0.25, 0.3) is 5.89 Å². The van der Waals surface area contributed by atoms with Crippen LogP contribution in [0, 0.1) is 6.92 Å². The third kappa shape index (κ3) is 2.77. The zero-order chi connectivity index (χ0) is 15.7. The highest BCUT2D eigenvalue weighted by Gasteiger charge is 2.37. The third-order valence-electron chi connectivity index (χ3n) is 3.83. The van der Waals surface area contributed by atoms with Gasteiger partial charge in [0.05, 0.1) is 25.2 Å². The van der Waals surface area contributed by atoms with Crippen molar-refractivity contribution >= 4 is 5.97 Å². The number of esters is 1. The van der Waals surface area contributed by atoms with Gasteiger partial charge in [-0.3, -0.25) is 9.69 Å². The van der Waals surface area contributed by atoms with Crippen LogP contribution in [0.5, 0.6) is 0 Å². The lowest BCUT2D eigenvalue weighted by Crippen LogP contribution is -2.36. The molecule has 2 atom stereocenters. The molecule has 1 aliphatic rings. The lowest BCUT2D eigenvalue weighted by Gasteiger charge is -2.20. The Bertz CT molecular complexity index is 649. The maximum absolute atomic E-state index is 11.8. The Kier molecular flexibility index (Phi) is 4.00. The van der Waals surface area contributed by atoms with E-state index in [1.54, 1.807) is 18.4 Å². The summed E-state index contributed by atoms with van der Waals surface area (Å²) in [5.41, 5.74) is 0.717. The van der Waals surface area contributed by atoms with Crippen LogP contribution < -0.4 is 0 Å². The van der Waals surface area contributed by atoms with E-state index in [-0.39, 0.29) is 5.97 Å².